The second-order valence-corrected chi connectivity index (χ2v) is 4.77. The van der Waals surface area contributed by atoms with Gasteiger partial charge in [0.1, 0.15) is 11.3 Å². The summed E-state index contributed by atoms with van der Waals surface area (Å²) >= 11 is 0. The zero-order chi connectivity index (χ0) is 14.7. The number of carbonyl (C=O) groups is 1. The number of hydrogen-bond donors (Lipinski definition) is 2. The molecule has 2 heterocycles. The molecule has 6 nitrogen and oxygen atoms in total. The molecule has 0 radical (unpaired) electrons. The SMILES string of the molecule is Cc1nnc(NC(C)Cc2ccco2)c(C(=O)O)c1C. The summed E-state index contributed by atoms with van der Waals surface area (Å²) < 4.78 is 5.27. The van der Waals surface area contributed by atoms with Crippen LogP contribution in [0, 0.1) is 13.8 Å². The molecule has 0 saturated heterocycles. The minimum atomic E-state index is -1.01. The van der Waals surface area contributed by atoms with Crippen molar-refractivity contribution >= 4 is 11.8 Å². The van der Waals surface area contributed by atoms with Crippen molar-refractivity contribution in [2.75, 3.05) is 5.32 Å². The summed E-state index contributed by atoms with van der Waals surface area (Å²) in [7, 11) is 0. The van der Waals surface area contributed by atoms with Crippen molar-refractivity contribution in [1.82, 2.24) is 10.2 Å². The van der Waals surface area contributed by atoms with Crippen molar-refractivity contribution in [3.8, 4) is 0 Å². The van der Waals surface area contributed by atoms with E-state index in [9.17, 15) is 9.90 Å². The van der Waals surface area contributed by atoms with Crippen LogP contribution in [0.1, 0.15) is 34.3 Å². The van der Waals surface area contributed by atoms with Crippen LogP contribution in [0.5, 0.6) is 0 Å². The monoisotopic (exact) mass is 275 g/mol. The number of furan rings is 1. The van der Waals surface area contributed by atoms with Crippen LogP contribution in [0.2, 0.25) is 0 Å². The third-order valence-corrected chi connectivity index (χ3v) is 3.14. The first kappa shape index (κ1) is 14.0. The van der Waals surface area contributed by atoms with E-state index in [2.05, 4.69) is 15.5 Å². The molecule has 2 rings (SSSR count). The number of hydrogen-bond acceptors (Lipinski definition) is 5. The average Bonchev–Trinajstić information content (AvgIpc) is 2.86. The van der Waals surface area contributed by atoms with Gasteiger partial charge in [0.15, 0.2) is 5.82 Å². The summed E-state index contributed by atoms with van der Waals surface area (Å²) in [6.07, 6.45) is 2.25. The predicted molar refractivity (Wildman–Crippen MR) is 74.0 cm³/mol. The highest BCUT2D eigenvalue weighted by atomic mass is 16.4. The zero-order valence-electron chi connectivity index (χ0n) is 11.7. The van der Waals surface area contributed by atoms with Gasteiger partial charge in [0.05, 0.1) is 12.0 Å². The highest BCUT2D eigenvalue weighted by molar-refractivity contribution is 5.94. The molecule has 2 aromatic heterocycles. The minimum Gasteiger partial charge on any atom is -0.478 e. The van der Waals surface area contributed by atoms with E-state index in [0.717, 1.165) is 5.76 Å². The first-order valence-corrected chi connectivity index (χ1v) is 6.35. The summed E-state index contributed by atoms with van der Waals surface area (Å²) in [6, 6.07) is 3.68. The van der Waals surface area contributed by atoms with Crippen molar-refractivity contribution in [3.05, 3.63) is 41.0 Å². The second kappa shape index (κ2) is 5.73. The predicted octanol–water partition coefficient (Wildman–Crippen LogP) is 2.43. The molecule has 0 saturated carbocycles. The summed E-state index contributed by atoms with van der Waals surface area (Å²) in [5, 5.41) is 20.3. The fourth-order valence-electron chi connectivity index (χ4n) is 1.99. The van der Waals surface area contributed by atoms with E-state index in [0.29, 0.717) is 23.5 Å². The first-order valence-electron chi connectivity index (χ1n) is 6.35. The Labute approximate surface area is 116 Å². The number of carboxylic acid groups (broad SMARTS) is 1. The van der Waals surface area contributed by atoms with E-state index in [1.54, 1.807) is 20.1 Å². The van der Waals surface area contributed by atoms with Gasteiger partial charge in [0.25, 0.3) is 0 Å². The van der Waals surface area contributed by atoms with Crippen molar-refractivity contribution < 1.29 is 14.3 Å². The quantitative estimate of drug-likeness (QED) is 0.871. The van der Waals surface area contributed by atoms with Gasteiger partial charge in [-0.05, 0) is 38.5 Å². The molecule has 6 heteroatoms. The van der Waals surface area contributed by atoms with Gasteiger partial charge in [-0.3, -0.25) is 0 Å². The molecule has 0 aliphatic rings. The Balaban J connectivity index is 2.20. The fraction of sp³-hybridized carbons (Fsp3) is 0.357. The van der Waals surface area contributed by atoms with E-state index in [1.165, 1.54) is 0 Å². The summed E-state index contributed by atoms with van der Waals surface area (Å²) in [4.78, 5) is 11.4. The number of aromatic carboxylic acids is 1. The maximum Gasteiger partial charge on any atom is 0.339 e. The molecule has 0 amide bonds. The lowest BCUT2D eigenvalue weighted by molar-refractivity contribution is 0.0696. The topological polar surface area (TPSA) is 88.3 Å². The molecule has 2 aromatic rings. The lowest BCUT2D eigenvalue weighted by Gasteiger charge is -2.16. The standard InChI is InChI=1S/C14H17N3O3/c1-8(7-11-5-4-6-20-11)15-13-12(14(18)19)9(2)10(3)16-17-13/h4-6,8H,7H2,1-3H3,(H,15,17)(H,18,19). The zero-order valence-corrected chi connectivity index (χ0v) is 11.7. The third kappa shape index (κ3) is 2.96. The first-order chi connectivity index (χ1) is 9.49. The smallest absolute Gasteiger partial charge is 0.339 e. The fourth-order valence-corrected chi connectivity index (χ4v) is 1.99. The van der Waals surface area contributed by atoms with Crippen LogP contribution in [-0.2, 0) is 6.42 Å². The highest BCUT2D eigenvalue weighted by Crippen LogP contribution is 2.19. The van der Waals surface area contributed by atoms with Gasteiger partial charge in [-0.15, -0.1) is 5.10 Å². The van der Waals surface area contributed by atoms with Crippen LogP contribution in [0.25, 0.3) is 0 Å². The summed E-state index contributed by atoms with van der Waals surface area (Å²) in [5.74, 6) is 0.117. The lowest BCUT2D eigenvalue weighted by Crippen LogP contribution is -2.22. The molecule has 1 unspecified atom stereocenters. The van der Waals surface area contributed by atoms with Gasteiger partial charge in [-0.1, -0.05) is 0 Å². The lowest BCUT2D eigenvalue weighted by atomic mass is 10.1. The molecule has 0 bridgehead atoms. The Morgan fingerprint density at radius 3 is 2.80 bits per heavy atom. The number of rotatable bonds is 5. The average molecular weight is 275 g/mol. The molecule has 0 fully saturated rings. The van der Waals surface area contributed by atoms with Crippen LogP contribution in [-0.4, -0.2) is 27.3 Å². The maximum atomic E-state index is 11.4. The van der Waals surface area contributed by atoms with Crippen LogP contribution in [0.4, 0.5) is 5.82 Å². The molecule has 0 aliphatic heterocycles. The number of aromatic nitrogens is 2. The molecular formula is C14H17N3O3. The van der Waals surface area contributed by atoms with E-state index in [4.69, 9.17) is 4.42 Å². The van der Waals surface area contributed by atoms with Crippen molar-refractivity contribution in [2.24, 2.45) is 0 Å². The summed E-state index contributed by atoms with van der Waals surface area (Å²) in [5.41, 5.74) is 1.41. The molecule has 106 valence electrons. The van der Waals surface area contributed by atoms with Crippen molar-refractivity contribution in [2.45, 2.75) is 33.2 Å². The van der Waals surface area contributed by atoms with Gasteiger partial charge in [-0.2, -0.15) is 5.10 Å². The van der Waals surface area contributed by atoms with Crippen LogP contribution < -0.4 is 5.32 Å². The molecule has 1 atom stereocenters. The molecule has 0 aromatic carbocycles. The largest absolute Gasteiger partial charge is 0.478 e. The Kier molecular flexibility index (Phi) is 4.02. The number of carboxylic acids is 1. The maximum absolute atomic E-state index is 11.4. The number of nitrogens with zero attached hydrogens (tertiary/aromatic N) is 2. The second-order valence-electron chi connectivity index (χ2n) is 4.77. The van der Waals surface area contributed by atoms with Gasteiger partial charge in [0, 0.05) is 12.5 Å². The molecule has 20 heavy (non-hydrogen) atoms. The Bertz CT molecular complexity index is 608. The van der Waals surface area contributed by atoms with Gasteiger partial charge >= 0.3 is 5.97 Å². The highest BCUT2D eigenvalue weighted by Gasteiger charge is 2.19. The molecular weight excluding hydrogens is 258 g/mol. The van der Waals surface area contributed by atoms with Crippen LogP contribution in [0.15, 0.2) is 22.8 Å². The van der Waals surface area contributed by atoms with Gasteiger partial charge in [0.2, 0.25) is 0 Å². The van der Waals surface area contributed by atoms with Crippen LogP contribution >= 0.6 is 0 Å². The molecule has 0 aliphatic carbocycles. The van der Waals surface area contributed by atoms with Crippen molar-refractivity contribution in [1.29, 1.82) is 0 Å². The Morgan fingerprint density at radius 1 is 1.45 bits per heavy atom. The number of aryl methyl sites for hydroxylation is 1. The normalized spacial score (nSPS) is 12.2. The van der Waals surface area contributed by atoms with Crippen LogP contribution in [0.3, 0.4) is 0 Å². The Morgan fingerprint density at radius 2 is 2.20 bits per heavy atom. The Hall–Kier alpha value is -2.37. The van der Waals surface area contributed by atoms with Gasteiger partial charge < -0.3 is 14.8 Å². The third-order valence-electron chi connectivity index (χ3n) is 3.14. The number of anilines is 1. The van der Waals surface area contributed by atoms with E-state index in [1.807, 2.05) is 19.1 Å². The van der Waals surface area contributed by atoms with E-state index >= 15 is 0 Å². The van der Waals surface area contributed by atoms with Gasteiger partial charge in [-0.25, -0.2) is 4.79 Å². The summed E-state index contributed by atoms with van der Waals surface area (Å²) in [6.45, 7) is 5.41. The molecule has 2 N–H and O–H groups in total. The van der Waals surface area contributed by atoms with E-state index < -0.39 is 5.97 Å². The molecule has 0 spiro atoms. The van der Waals surface area contributed by atoms with E-state index in [-0.39, 0.29) is 11.6 Å². The number of nitrogens with one attached hydrogen (secondary N) is 1. The minimum absolute atomic E-state index is 0.0179. The van der Waals surface area contributed by atoms with Crippen molar-refractivity contribution in [3.63, 3.8) is 0 Å².